The summed E-state index contributed by atoms with van der Waals surface area (Å²) in [5.41, 5.74) is 7.64. The fourth-order valence-corrected chi connectivity index (χ4v) is 2.43. The molecule has 0 bridgehead atoms. The Bertz CT molecular complexity index is 570. The first kappa shape index (κ1) is 13.3. The molecule has 0 fully saturated rings. The Labute approximate surface area is 115 Å². The van der Waals surface area contributed by atoms with Crippen molar-refractivity contribution in [3.8, 4) is 11.1 Å². The molecule has 0 aliphatic rings. The van der Waals surface area contributed by atoms with E-state index >= 15 is 0 Å². The molecular formula is C14H12Cl2FN. The normalized spacial score (nSPS) is 10.7. The van der Waals surface area contributed by atoms with Gasteiger partial charge in [0.05, 0.1) is 0 Å². The first-order chi connectivity index (χ1) is 8.63. The Balaban J connectivity index is 2.59. The van der Waals surface area contributed by atoms with Crippen molar-refractivity contribution in [2.75, 3.05) is 6.54 Å². The predicted molar refractivity (Wildman–Crippen MR) is 74.6 cm³/mol. The van der Waals surface area contributed by atoms with Gasteiger partial charge in [0.25, 0.3) is 0 Å². The summed E-state index contributed by atoms with van der Waals surface area (Å²) < 4.78 is 13.8. The molecule has 0 radical (unpaired) electrons. The van der Waals surface area contributed by atoms with Crippen molar-refractivity contribution in [1.29, 1.82) is 0 Å². The third kappa shape index (κ3) is 2.66. The van der Waals surface area contributed by atoms with Crippen LogP contribution in [0, 0.1) is 5.82 Å². The SMILES string of the molecule is NCCc1c(F)cccc1-c1ccc(Cl)cc1Cl. The van der Waals surface area contributed by atoms with Crippen LogP contribution in [0.25, 0.3) is 11.1 Å². The van der Waals surface area contributed by atoms with Crippen molar-refractivity contribution in [2.24, 2.45) is 5.73 Å². The smallest absolute Gasteiger partial charge is 0.127 e. The van der Waals surface area contributed by atoms with Crippen LogP contribution in [-0.2, 0) is 6.42 Å². The first-order valence-electron chi connectivity index (χ1n) is 5.56. The largest absolute Gasteiger partial charge is 0.330 e. The summed E-state index contributed by atoms with van der Waals surface area (Å²) in [6, 6.07) is 10.1. The molecule has 2 aromatic carbocycles. The second kappa shape index (κ2) is 5.70. The van der Waals surface area contributed by atoms with E-state index in [1.807, 2.05) is 6.07 Å². The van der Waals surface area contributed by atoms with Crippen molar-refractivity contribution < 1.29 is 4.39 Å². The van der Waals surface area contributed by atoms with Gasteiger partial charge in [0.1, 0.15) is 5.82 Å². The third-order valence-corrected chi connectivity index (χ3v) is 3.28. The summed E-state index contributed by atoms with van der Waals surface area (Å²) >= 11 is 12.0. The van der Waals surface area contributed by atoms with Gasteiger partial charge in [-0.1, -0.05) is 41.4 Å². The minimum absolute atomic E-state index is 0.260. The molecule has 0 unspecified atom stereocenters. The number of halogens is 3. The molecule has 0 heterocycles. The van der Waals surface area contributed by atoms with E-state index in [1.54, 1.807) is 24.3 Å². The highest BCUT2D eigenvalue weighted by Gasteiger charge is 2.12. The molecule has 0 aliphatic heterocycles. The van der Waals surface area contributed by atoms with Crippen molar-refractivity contribution in [2.45, 2.75) is 6.42 Å². The highest BCUT2D eigenvalue weighted by molar-refractivity contribution is 6.36. The molecule has 2 rings (SSSR count). The lowest BCUT2D eigenvalue weighted by atomic mass is 9.97. The van der Waals surface area contributed by atoms with Crippen LogP contribution in [0.2, 0.25) is 10.0 Å². The van der Waals surface area contributed by atoms with Gasteiger partial charge in [0, 0.05) is 15.6 Å². The number of benzene rings is 2. The van der Waals surface area contributed by atoms with Crippen LogP contribution in [0.4, 0.5) is 4.39 Å². The van der Waals surface area contributed by atoms with Gasteiger partial charge in [-0.05, 0) is 42.3 Å². The van der Waals surface area contributed by atoms with Gasteiger partial charge in [0.15, 0.2) is 0 Å². The molecule has 0 aromatic heterocycles. The van der Waals surface area contributed by atoms with E-state index in [-0.39, 0.29) is 5.82 Å². The van der Waals surface area contributed by atoms with E-state index in [0.717, 1.165) is 11.1 Å². The van der Waals surface area contributed by atoms with Gasteiger partial charge in [-0.3, -0.25) is 0 Å². The number of rotatable bonds is 3. The third-order valence-electron chi connectivity index (χ3n) is 2.73. The molecule has 0 saturated heterocycles. The molecule has 1 nitrogen and oxygen atoms in total. The van der Waals surface area contributed by atoms with Gasteiger partial charge in [-0.2, -0.15) is 0 Å². The summed E-state index contributed by atoms with van der Waals surface area (Å²) in [7, 11) is 0. The van der Waals surface area contributed by atoms with Crippen LogP contribution < -0.4 is 5.73 Å². The average molecular weight is 284 g/mol. The van der Waals surface area contributed by atoms with Gasteiger partial charge >= 0.3 is 0 Å². The van der Waals surface area contributed by atoms with E-state index in [9.17, 15) is 4.39 Å². The van der Waals surface area contributed by atoms with Crippen LogP contribution in [0.5, 0.6) is 0 Å². The quantitative estimate of drug-likeness (QED) is 0.893. The minimum Gasteiger partial charge on any atom is -0.330 e. The topological polar surface area (TPSA) is 26.0 Å². The standard InChI is InChI=1S/C14H12Cl2FN/c15-9-4-5-11(13(16)8-9)10-2-1-3-14(17)12(10)6-7-18/h1-5,8H,6-7,18H2. The summed E-state index contributed by atoms with van der Waals surface area (Å²) in [6.07, 6.45) is 0.473. The van der Waals surface area contributed by atoms with Crippen LogP contribution in [0.15, 0.2) is 36.4 Å². The maximum Gasteiger partial charge on any atom is 0.127 e. The molecule has 18 heavy (non-hydrogen) atoms. The molecule has 0 atom stereocenters. The maximum atomic E-state index is 13.8. The molecule has 2 N–H and O–H groups in total. The molecule has 0 amide bonds. The van der Waals surface area contributed by atoms with Crippen LogP contribution in [0.3, 0.4) is 0 Å². The number of hydrogen-bond acceptors (Lipinski definition) is 1. The van der Waals surface area contributed by atoms with Gasteiger partial charge in [-0.15, -0.1) is 0 Å². The van der Waals surface area contributed by atoms with E-state index in [2.05, 4.69) is 0 Å². The Morgan fingerprint density at radius 1 is 1.06 bits per heavy atom. The monoisotopic (exact) mass is 283 g/mol. The lowest BCUT2D eigenvalue weighted by Crippen LogP contribution is -2.06. The molecule has 94 valence electrons. The molecule has 0 aliphatic carbocycles. The van der Waals surface area contributed by atoms with E-state index in [4.69, 9.17) is 28.9 Å². The Hall–Kier alpha value is -1.09. The zero-order valence-electron chi connectivity index (χ0n) is 9.59. The van der Waals surface area contributed by atoms with Crippen molar-refractivity contribution >= 4 is 23.2 Å². The van der Waals surface area contributed by atoms with Crippen LogP contribution in [0.1, 0.15) is 5.56 Å². The Morgan fingerprint density at radius 2 is 1.83 bits per heavy atom. The van der Waals surface area contributed by atoms with Crippen LogP contribution >= 0.6 is 23.2 Å². The highest BCUT2D eigenvalue weighted by Crippen LogP contribution is 2.33. The summed E-state index contributed by atoms with van der Waals surface area (Å²) in [5, 5.41) is 1.06. The second-order valence-corrected chi connectivity index (χ2v) is 4.77. The van der Waals surface area contributed by atoms with Gasteiger partial charge < -0.3 is 5.73 Å². The number of nitrogens with two attached hydrogens (primary N) is 1. The van der Waals surface area contributed by atoms with E-state index in [0.29, 0.717) is 28.6 Å². The fourth-order valence-electron chi connectivity index (χ4n) is 1.92. The van der Waals surface area contributed by atoms with Crippen molar-refractivity contribution in [3.63, 3.8) is 0 Å². The van der Waals surface area contributed by atoms with Gasteiger partial charge in [-0.25, -0.2) is 4.39 Å². The fraction of sp³-hybridized carbons (Fsp3) is 0.143. The van der Waals surface area contributed by atoms with E-state index in [1.165, 1.54) is 6.07 Å². The summed E-state index contributed by atoms with van der Waals surface area (Å²) in [5.74, 6) is -0.260. The zero-order chi connectivity index (χ0) is 13.1. The second-order valence-electron chi connectivity index (χ2n) is 3.93. The van der Waals surface area contributed by atoms with Crippen molar-refractivity contribution in [3.05, 3.63) is 57.8 Å². The molecule has 0 spiro atoms. The van der Waals surface area contributed by atoms with Crippen LogP contribution in [-0.4, -0.2) is 6.54 Å². The molecule has 0 saturated carbocycles. The lowest BCUT2D eigenvalue weighted by Gasteiger charge is -2.11. The van der Waals surface area contributed by atoms with Gasteiger partial charge in [0.2, 0.25) is 0 Å². The summed E-state index contributed by atoms with van der Waals surface area (Å²) in [6.45, 7) is 0.388. The molecule has 2 aromatic rings. The first-order valence-corrected chi connectivity index (χ1v) is 6.32. The lowest BCUT2D eigenvalue weighted by molar-refractivity contribution is 0.610. The van der Waals surface area contributed by atoms with E-state index < -0.39 is 0 Å². The Kier molecular flexibility index (Phi) is 4.23. The van der Waals surface area contributed by atoms with Crippen molar-refractivity contribution in [1.82, 2.24) is 0 Å². The molecular weight excluding hydrogens is 272 g/mol. The maximum absolute atomic E-state index is 13.8. The molecule has 4 heteroatoms. The summed E-state index contributed by atoms with van der Waals surface area (Å²) in [4.78, 5) is 0. The zero-order valence-corrected chi connectivity index (χ0v) is 11.1. The average Bonchev–Trinajstić information content (AvgIpc) is 2.32. The minimum atomic E-state index is -0.260. The number of hydrogen-bond donors (Lipinski definition) is 1. The predicted octanol–water partition coefficient (Wildman–Crippen LogP) is 4.30. The highest BCUT2D eigenvalue weighted by atomic mass is 35.5. The Morgan fingerprint density at radius 3 is 2.50 bits per heavy atom.